The highest BCUT2D eigenvalue weighted by Crippen LogP contribution is 2.28. The van der Waals surface area contributed by atoms with E-state index in [2.05, 4.69) is 10.1 Å². The van der Waals surface area contributed by atoms with Crippen molar-refractivity contribution in [1.82, 2.24) is 19.9 Å². The van der Waals surface area contributed by atoms with E-state index in [1.165, 1.54) is 21.9 Å². The number of amides is 1. The lowest BCUT2D eigenvalue weighted by molar-refractivity contribution is 0.0746. The molecule has 0 fully saturated rings. The van der Waals surface area contributed by atoms with Gasteiger partial charge in [0.25, 0.3) is 18.0 Å². The van der Waals surface area contributed by atoms with Crippen LogP contribution in [0.3, 0.4) is 0 Å². The average molecular weight is 406 g/mol. The molecule has 0 aliphatic carbocycles. The number of hydrogen-bond donors (Lipinski definition) is 0. The summed E-state index contributed by atoms with van der Waals surface area (Å²) in [5.41, 5.74) is 2.13. The second kappa shape index (κ2) is 8.60. The molecular formula is C20H21F3N4O2. The number of nitrogens with zero attached hydrogens (tertiary/aromatic N) is 4. The van der Waals surface area contributed by atoms with Crippen molar-refractivity contribution in [2.45, 2.75) is 13.3 Å². The van der Waals surface area contributed by atoms with Crippen LogP contribution in [0.25, 0.3) is 22.4 Å². The number of aryl methyl sites for hydroxylation is 1. The Bertz CT molecular complexity index is 1000. The van der Waals surface area contributed by atoms with E-state index in [0.29, 0.717) is 34.4 Å². The highest BCUT2D eigenvalue weighted by atomic mass is 19.3. The van der Waals surface area contributed by atoms with Crippen molar-refractivity contribution in [1.29, 1.82) is 0 Å². The molecule has 29 heavy (non-hydrogen) atoms. The predicted octanol–water partition coefficient (Wildman–Crippen LogP) is 3.61. The Kier molecular flexibility index (Phi) is 6.17. The van der Waals surface area contributed by atoms with Gasteiger partial charge in [-0.2, -0.15) is 0 Å². The topological polar surface area (TPSA) is 62.5 Å². The Morgan fingerprint density at radius 1 is 1.17 bits per heavy atom. The molecule has 2 aromatic heterocycles. The van der Waals surface area contributed by atoms with Crippen molar-refractivity contribution in [2.75, 3.05) is 33.7 Å². The number of fused-ring (bicyclic) bond motifs is 1. The van der Waals surface area contributed by atoms with E-state index >= 15 is 0 Å². The molecule has 2 heterocycles. The van der Waals surface area contributed by atoms with Gasteiger partial charge in [0.2, 0.25) is 0 Å². The minimum atomic E-state index is -2.43. The van der Waals surface area contributed by atoms with Crippen molar-refractivity contribution in [3.63, 3.8) is 0 Å². The molecule has 1 aromatic carbocycles. The Labute approximate surface area is 165 Å². The highest BCUT2D eigenvalue weighted by Gasteiger charge is 2.22. The van der Waals surface area contributed by atoms with E-state index in [1.807, 2.05) is 0 Å². The second-order valence-corrected chi connectivity index (χ2v) is 6.89. The van der Waals surface area contributed by atoms with E-state index in [9.17, 15) is 18.0 Å². The van der Waals surface area contributed by atoms with Crippen LogP contribution in [0, 0.1) is 12.7 Å². The number of benzene rings is 1. The molecule has 0 unspecified atom stereocenters. The monoisotopic (exact) mass is 406 g/mol. The van der Waals surface area contributed by atoms with Gasteiger partial charge < -0.3 is 9.42 Å². The summed E-state index contributed by atoms with van der Waals surface area (Å²) >= 11 is 0. The van der Waals surface area contributed by atoms with Crippen molar-refractivity contribution in [3.8, 4) is 11.3 Å². The first kappa shape index (κ1) is 20.8. The number of rotatable bonds is 7. The molecule has 0 saturated heterocycles. The Balaban J connectivity index is 1.91. The van der Waals surface area contributed by atoms with Gasteiger partial charge in [-0.15, -0.1) is 0 Å². The standard InChI is InChI=1S/C20H21F3N4O2/c1-12-18-15(20(28)27(3)9-8-26(2)11-17(22)23)10-16(24-19(18)29-25-12)13-4-6-14(21)7-5-13/h4-7,10,17H,8-9,11H2,1-3H3. The minimum absolute atomic E-state index is 0.205. The van der Waals surface area contributed by atoms with Crippen LogP contribution in [0.5, 0.6) is 0 Å². The fourth-order valence-electron chi connectivity index (χ4n) is 2.99. The summed E-state index contributed by atoms with van der Waals surface area (Å²) in [5, 5.41) is 4.39. The normalized spacial score (nSPS) is 11.6. The maximum absolute atomic E-state index is 13.2. The Morgan fingerprint density at radius 2 is 1.86 bits per heavy atom. The third-order valence-corrected chi connectivity index (χ3v) is 4.60. The Morgan fingerprint density at radius 3 is 2.52 bits per heavy atom. The number of likely N-dealkylation sites (N-methyl/N-ethyl adjacent to an activating group) is 2. The summed E-state index contributed by atoms with van der Waals surface area (Å²) in [6, 6.07) is 7.34. The molecule has 9 heteroatoms. The van der Waals surface area contributed by atoms with Gasteiger partial charge in [0, 0.05) is 25.7 Å². The van der Waals surface area contributed by atoms with Gasteiger partial charge >= 0.3 is 0 Å². The SMILES string of the molecule is Cc1noc2nc(-c3ccc(F)cc3)cc(C(=O)N(C)CCN(C)CC(F)F)c12. The maximum atomic E-state index is 13.2. The third-order valence-electron chi connectivity index (χ3n) is 4.60. The Hall–Kier alpha value is -2.94. The molecule has 1 amide bonds. The van der Waals surface area contributed by atoms with Crippen LogP contribution in [0.15, 0.2) is 34.9 Å². The molecular weight excluding hydrogens is 385 g/mol. The minimum Gasteiger partial charge on any atom is -0.340 e. The van der Waals surface area contributed by atoms with Gasteiger partial charge in [0.15, 0.2) is 0 Å². The van der Waals surface area contributed by atoms with Crippen molar-refractivity contribution >= 4 is 17.0 Å². The summed E-state index contributed by atoms with van der Waals surface area (Å²) in [5.74, 6) is -0.688. The molecule has 6 nitrogen and oxygen atoms in total. The molecule has 3 aromatic rings. The zero-order chi connectivity index (χ0) is 21.1. The third kappa shape index (κ3) is 4.73. The second-order valence-electron chi connectivity index (χ2n) is 6.89. The van der Waals surface area contributed by atoms with E-state index in [1.54, 1.807) is 39.2 Å². The van der Waals surface area contributed by atoms with E-state index in [-0.39, 0.29) is 30.5 Å². The molecule has 3 rings (SSSR count). The maximum Gasteiger partial charge on any atom is 0.259 e. The summed E-state index contributed by atoms with van der Waals surface area (Å²) in [6.07, 6.45) is -2.43. The fourth-order valence-corrected chi connectivity index (χ4v) is 2.99. The van der Waals surface area contributed by atoms with Crippen LogP contribution in [0.1, 0.15) is 16.1 Å². The molecule has 0 aliphatic rings. The van der Waals surface area contributed by atoms with Crippen molar-refractivity contribution in [2.24, 2.45) is 0 Å². The smallest absolute Gasteiger partial charge is 0.259 e. The lowest BCUT2D eigenvalue weighted by atomic mass is 10.0. The molecule has 0 aliphatic heterocycles. The van der Waals surface area contributed by atoms with E-state index in [4.69, 9.17) is 4.52 Å². The zero-order valence-electron chi connectivity index (χ0n) is 16.3. The van der Waals surface area contributed by atoms with Crippen LogP contribution in [-0.2, 0) is 0 Å². The number of pyridine rings is 1. The first-order valence-corrected chi connectivity index (χ1v) is 9.01. The zero-order valence-corrected chi connectivity index (χ0v) is 16.3. The van der Waals surface area contributed by atoms with Crippen LogP contribution >= 0.6 is 0 Å². The van der Waals surface area contributed by atoms with Crippen LogP contribution in [0.4, 0.5) is 13.2 Å². The van der Waals surface area contributed by atoms with Crippen LogP contribution in [0.2, 0.25) is 0 Å². The molecule has 0 radical (unpaired) electrons. The quantitative estimate of drug-likeness (QED) is 0.600. The van der Waals surface area contributed by atoms with Gasteiger partial charge in [-0.25, -0.2) is 18.2 Å². The van der Waals surface area contributed by atoms with Gasteiger partial charge in [0.05, 0.1) is 28.9 Å². The number of halogens is 3. The highest BCUT2D eigenvalue weighted by molar-refractivity contribution is 6.06. The summed E-state index contributed by atoms with van der Waals surface area (Å²) in [6.45, 7) is 1.91. The predicted molar refractivity (Wildman–Crippen MR) is 102 cm³/mol. The largest absolute Gasteiger partial charge is 0.340 e. The number of aromatic nitrogens is 2. The molecule has 0 atom stereocenters. The average Bonchev–Trinajstić information content (AvgIpc) is 3.06. The lowest BCUT2D eigenvalue weighted by Crippen LogP contribution is -2.36. The first-order valence-electron chi connectivity index (χ1n) is 9.01. The lowest BCUT2D eigenvalue weighted by Gasteiger charge is -2.22. The number of hydrogen-bond acceptors (Lipinski definition) is 5. The molecule has 0 spiro atoms. The molecule has 154 valence electrons. The number of alkyl halides is 2. The first-order chi connectivity index (χ1) is 13.8. The van der Waals surface area contributed by atoms with E-state index < -0.39 is 6.43 Å². The summed E-state index contributed by atoms with van der Waals surface area (Å²) in [7, 11) is 3.18. The number of carbonyl (C=O) groups excluding carboxylic acids is 1. The van der Waals surface area contributed by atoms with Gasteiger partial charge in [-0.3, -0.25) is 9.69 Å². The fraction of sp³-hybridized carbons (Fsp3) is 0.350. The van der Waals surface area contributed by atoms with Gasteiger partial charge in [0.1, 0.15) is 5.82 Å². The van der Waals surface area contributed by atoms with Gasteiger partial charge in [-0.05, 0) is 44.3 Å². The van der Waals surface area contributed by atoms with Crippen molar-refractivity contribution in [3.05, 3.63) is 47.4 Å². The molecule has 0 saturated carbocycles. The van der Waals surface area contributed by atoms with Crippen molar-refractivity contribution < 1.29 is 22.5 Å². The molecule has 0 N–H and O–H groups in total. The number of carbonyl (C=O) groups is 1. The van der Waals surface area contributed by atoms with Crippen LogP contribution < -0.4 is 0 Å². The summed E-state index contributed by atoms with van der Waals surface area (Å²) in [4.78, 5) is 20.4. The van der Waals surface area contributed by atoms with Crippen LogP contribution in [-0.4, -0.2) is 66.0 Å². The van der Waals surface area contributed by atoms with E-state index in [0.717, 1.165) is 0 Å². The summed E-state index contributed by atoms with van der Waals surface area (Å²) < 4.78 is 43.4. The van der Waals surface area contributed by atoms with Gasteiger partial charge in [-0.1, -0.05) is 5.16 Å². The molecule has 0 bridgehead atoms.